The number of nitrogens with one attached hydrogen (secondary N) is 2. The van der Waals surface area contributed by atoms with E-state index in [1.807, 2.05) is 25.1 Å². The number of carbonyl (C=O) groups is 1. The third kappa shape index (κ3) is 8.94. The maximum absolute atomic E-state index is 11.8. The number of carbonyl (C=O) groups excluding carboxylic acids is 1. The van der Waals surface area contributed by atoms with Gasteiger partial charge in [-0.25, -0.2) is 4.99 Å². The lowest BCUT2D eigenvalue weighted by Gasteiger charge is -2.14. The van der Waals surface area contributed by atoms with Crippen LogP contribution in [-0.4, -0.2) is 77.9 Å². The molecule has 0 aliphatic rings. The molecule has 0 bridgehead atoms. The number of guanidine groups is 1. The first kappa shape index (κ1) is 23.6. The standard InChI is InChI=1S/C20H34N4O4/c1-6-28-13-7-11-21-20(23-15-19(25)24(2)3)22-12-10-16-8-9-17(26-4)18(14-16)27-5/h8-9,14H,6-7,10-13,15H2,1-5H3,(H2,21,22,23). The lowest BCUT2D eigenvalue weighted by Crippen LogP contribution is -2.40. The number of amides is 1. The minimum Gasteiger partial charge on any atom is -0.493 e. The fourth-order valence-electron chi connectivity index (χ4n) is 2.35. The molecule has 0 radical (unpaired) electrons. The summed E-state index contributed by atoms with van der Waals surface area (Å²) in [5, 5.41) is 6.52. The van der Waals surface area contributed by atoms with E-state index in [1.165, 1.54) is 4.90 Å². The zero-order valence-corrected chi connectivity index (χ0v) is 17.7. The lowest BCUT2D eigenvalue weighted by atomic mass is 10.1. The van der Waals surface area contributed by atoms with E-state index in [0.29, 0.717) is 37.2 Å². The van der Waals surface area contributed by atoms with Gasteiger partial charge in [-0.1, -0.05) is 6.07 Å². The van der Waals surface area contributed by atoms with Gasteiger partial charge in [-0.3, -0.25) is 4.79 Å². The SMILES string of the molecule is CCOCCCNC(=NCC(=O)N(C)C)NCCc1ccc(OC)c(OC)c1. The van der Waals surface area contributed by atoms with Gasteiger partial charge in [0.2, 0.25) is 5.91 Å². The smallest absolute Gasteiger partial charge is 0.243 e. The Morgan fingerprint density at radius 3 is 2.46 bits per heavy atom. The second-order valence-electron chi connectivity index (χ2n) is 6.30. The van der Waals surface area contributed by atoms with Gasteiger partial charge in [-0.2, -0.15) is 0 Å². The maximum Gasteiger partial charge on any atom is 0.243 e. The van der Waals surface area contributed by atoms with Crippen LogP contribution in [0.5, 0.6) is 11.5 Å². The Hall–Kier alpha value is -2.48. The average molecular weight is 395 g/mol. The van der Waals surface area contributed by atoms with Crippen molar-refractivity contribution < 1.29 is 19.0 Å². The summed E-state index contributed by atoms with van der Waals surface area (Å²) in [7, 11) is 6.68. The molecule has 28 heavy (non-hydrogen) atoms. The number of methoxy groups -OCH3 is 2. The van der Waals surface area contributed by atoms with Crippen LogP contribution in [0.2, 0.25) is 0 Å². The molecule has 0 atom stereocenters. The van der Waals surface area contributed by atoms with E-state index >= 15 is 0 Å². The highest BCUT2D eigenvalue weighted by atomic mass is 16.5. The van der Waals surface area contributed by atoms with Crippen LogP contribution in [0.15, 0.2) is 23.2 Å². The Labute approximate surface area is 168 Å². The average Bonchev–Trinajstić information content (AvgIpc) is 2.70. The number of ether oxygens (including phenoxy) is 3. The number of hydrogen-bond donors (Lipinski definition) is 2. The monoisotopic (exact) mass is 394 g/mol. The van der Waals surface area contributed by atoms with Crippen molar-refractivity contribution in [1.82, 2.24) is 15.5 Å². The number of hydrogen-bond acceptors (Lipinski definition) is 5. The van der Waals surface area contributed by atoms with Crippen LogP contribution in [0.3, 0.4) is 0 Å². The molecule has 0 saturated carbocycles. The number of nitrogens with zero attached hydrogens (tertiary/aromatic N) is 2. The molecule has 1 rings (SSSR count). The Morgan fingerprint density at radius 2 is 1.82 bits per heavy atom. The number of rotatable bonds is 12. The molecule has 0 aliphatic heterocycles. The van der Waals surface area contributed by atoms with Crippen LogP contribution >= 0.6 is 0 Å². The van der Waals surface area contributed by atoms with Crippen molar-refractivity contribution in [2.24, 2.45) is 4.99 Å². The van der Waals surface area contributed by atoms with E-state index in [1.54, 1.807) is 28.3 Å². The van der Waals surface area contributed by atoms with Gasteiger partial charge in [0.1, 0.15) is 6.54 Å². The molecule has 0 aliphatic carbocycles. The minimum atomic E-state index is -0.0460. The second kappa shape index (κ2) is 13.7. The minimum absolute atomic E-state index is 0.0460. The zero-order valence-electron chi connectivity index (χ0n) is 17.7. The van der Waals surface area contributed by atoms with E-state index in [9.17, 15) is 4.79 Å². The second-order valence-corrected chi connectivity index (χ2v) is 6.30. The first-order chi connectivity index (χ1) is 13.5. The zero-order chi connectivity index (χ0) is 20.8. The van der Waals surface area contributed by atoms with Gasteiger partial charge in [0.15, 0.2) is 17.5 Å². The van der Waals surface area contributed by atoms with Crippen molar-refractivity contribution in [3.63, 3.8) is 0 Å². The molecule has 1 aromatic rings. The quantitative estimate of drug-likeness (QED) is 0.316. The van der Waals surface area contributed by atoms with Crippen molar-refractivity contribution in [3.8, 4) is 11.5 Å². The topological polar surface area (TPSA) is 84.4 Å². The van der Waals surface area contributed by atoms with Crippen molar-refractivity contribution >= 4 is 11.9 Å². The van der Waals surface area contributed by atoms with Crippen LogP contribution in [0.1, 0.15) is 18.9 Å². The molecule has 158 valence electrons. The van der Waals surface area contributed by atoms with Gasteiger partial charge in [0, 0.05) is 40.4 Å². The fourth-order valence-corrected chi connectivity index (χ4v) is 2.35. The molecule has 2 N–H and O–H groups in total. The Balaban J connectivity index is 2.59. The first-order valence-electron chi connectivity index (χ1n) is 9.52. The van der Waals surface area contributed by atoms with Crippen molar-refractivity contribution in [2.45, 2.75) is 19.8 Å². The van der Waals surface area contributed by atoms with Crippen LogP contribution < -0.4 is 20.1 Å². The molecule has 1 aromatic carbocycles. The Morgan fingerprint density at radius 1 is 1.11 bits per heavy atom. The molecule has 0 fully saturated rings. The molecule has 0 saturated heterocycles. The van der Waals surface area contributed by atoms with E-state index in [-0.39, 0.29) is 12.5 Å². The maximum atomic E-state index is 11.8. The molecule has 0 heterocycles. The van der Waals surface area contributed by atoms with E-state index in [4.69, 9.17) is 14.2 Å². The van der Waals surface area contributed by atoms with E-state index in [0.717, 1.165) is 24.9 Å². The number of benzene rings is 1. The Bertz CT molecular complexity index is 620. The van der Waals surface area contributed by atoms with E-state index < -0.39 is 0 Å². The highest BCUT2D eigenvalue weighted by Gasteiger charge is 2.06. The number of likely N-dealkylation sites (N-methyl/N-ethyl adjacent to an activating group) is 1. The van der Waals surface area contributed by atoms with Gasteiger partial charge in [0.05, 0.1) is 14.2 Å². The molecule has 0 aromatic heterocycles. The lowest BCUT2D eigenvalue weighted by molar-refractivity contribution is -0.127. The molecule has 8 nitrogen and oxygen atoms in total. The van der Waals surface area contributed by atoms with Crippen molar-refractivity contribution in [2.75, 3.05) is 61.2 Å². The number of aliphatic imine (C=N–C) groups is 1. The largest absolute Gasteiger partial charge is 0.493 e. The summed E-state index contributed by atoms with van der Waals surface area (Å²) in [5.41, 5.74) is 1.12. The normalized spacial score (nSPS) is 11.1. The summed E-state index contributed by atoms with van der Waals surface area (Å²) in [5.74, 6) is 1.99. The molecule has 1 amide bonds. The summed E-state index contributed by atoms with van der Waals surface area (Å²) in [6, 6.07) is 5.86. The van der Waals surface area contributed by atoms with Crippen molar-refractivity contribution in [3.05, 3.63) is 23.8 Å². The summed E-state index contributed by atoms with van der Waals surface area (Å²) in [6.07, 6.45) is 1.65. The molecular formula is C20H34N4O4. The van der Waals surface area contributed by atoms with Crippen molar-refractivity contribution in [1.29, 1.82) is 0 Å². The highest BCUT2D eigenvalue weighted by molar-refractivity contribution is 5.84. The third-order valence-corrected chi connectivity index (χ3v) is 3.99. The predicted octanol–water partition coefficient (Wildman–Crippen LogP) is 1.30. The van der Waals surface area contributed by atoms with Gasteiger partial charge < -0.3 is 29.7 Å². The van der Waals surface area contributed by atoms with Crippen LogP contribution in [0, 0.1) is 0 Å². The third-order valence-electron chi connectivity index (χ3n) is 3.99. The Kier molecular flexibility index (Phi) is 11.5. The van der Waals surface area contributed by atoms with Crippen LogP contribution in [0.4, 0.5) is 0 Å². The van der Waals surface area contributed by atoms with Crippen LogP contribution in [0.25, 0.3) is 0 Å². The van der Waals surface area contributed by atoms with Gasteiger partial charge in [-0.15, -0.1) is 0 Å². The first-order valence-corrected chi connectivity index (χ1v) is 9.52. The van der Waals surface area contributed by atoms with Crippen LogP contribution in [-0.2, 0) is 16.0 Å². The predicted molar refractivity (Wildman–Crippen MR) is 111 cm³/mol. The van der Waals surface area contributed by atoms with Gasteiger partial charge >= 0.3 is 0 Å². The fraction of sp³-hybridized carbons (Fsp3) is 0.600. The van der Waals surface area contributed by atoms with Gasteiger partial charge in [-0.05, 0) is 37.5 Å². The molecular weight excluding hydrogens is 360 g/mol. The van der Waals surface area contributed by atoms with Gasteiger partial charge in [0.25, 0.3) is 0 Å². The summed E-state index contributed by atoms with van der Waals surface area (Å²) in [6.45, 7) is 4.87. The summed E-state index contributed by atoms with van der Waals surface area (Å²) < 4.78 is 15.9. The summed E-state index contributed by atoms with van der Waals surface area (Å²) >= 11 is 0. The highest BCUT2D eigenvalue weighted by Crippen LogP contribution is 2.27. The summed E-state index contributed by atoms with van der Waals surface area (Å²) in [4.78, 5) is 17.7. The van der Waals surface area contributed by atoms with E-state index in [2.05, 4.69) is 15.6 Å². The molecule has 0 unspecified atom stereocenters. The molecule has 8 heteroatoms. The molecule has 0 spiro atoms.